The minimum absolute atomic E-state index is 0.161. The zero-order valence-electron chi connectivity index (χ0n) is 8.72. The number of amides is 1. The van der Waals surface area contributed by atoms with Gasteiger partial charge in [0.25, 0.3) is 0 Å². The van der Waals surface area contributed by atoms with Crippen LogP contribution in [-0.4, -0.2) is 18.5 Å². The third-order valence-corrected chi connectivity index (χ3v) is 3.85. The molecule has 1 amide bonds. The van der Waals surface area contributed by atoms with Crippen molar-refractivity contribution in [3.63, 3.8) is 0 Å². The van der Waals surface area contributed by atoms with Crippen molar-refractivity contribution in [2.75, 3.05) is 6.54 Å². The lowest BCUT2D eigenvalue weighted by Crippen LogP contribution is -2.45. The summed E-state index contributed by atoms with van der Waals surface area (Å²) < 4.78 is 0. The predicted molar refractivity (Wildman–Crippen MR) is 55.7 cm³/mol. The Morgan fingerprint density at radius 2 is 2.07 bits per heavy atom. The molecule has 0 aromatic carbocycles. The van der Waals surface area contributed by atoms with Gasteiger partial charge in [-0.1, -0.05) is 6.42 Å². The minimum Gasteiger partial charge on any atom is -0.353 e. The van der Waals surface area contributed by atoms with Gasteiger partial charge in [-0.2, -0.15) is 0 Å². The van der Waals surface area contributed by atoms with E-state index in [9.17, 15) is 4.79 Å². The van der Waals surface area contributed by atoms with Crippen molar-refractivity contribution in [3.8, 4) is 0 Å². The van der Waals surface area contributed by atoms with Crippen LogP contribution in [0, 0.1) is 5.41 Å². The number of nitrogens with two attached hydrogens (primary N) is 1. The number of carbonyl (C=O) groups excluding carboxylic acids is 1. The quantitative estimate of drug-likeness (QED) is 0.709. The molecule has 3 nitrogen and oxygen atoms in total. The molecule has 0 bridgehead atoms. The van der Waals surface area contributed by atoms with E-state index in [2.05, 4.69) is 5.32 Å². The zero-order chi connectivity index (χ0) is 10.0. The molecular weight excluding hydrogens is 176 g/mol. The predicted octanol–water partition coefficient (Wildman–Crippen LogP) is 1.17. The molecule has 3 N–H and O–H groups in total. The Morgan fingerprint density at radius 1 is 1.36 bits per heavy atom. The lowest BCUT2D eigenvalue weighted by molar-refractivity contribution is -0.126. The first-order valence-electron chi connectivity index (χ1n) is 5.74. The smallest absolute Gasteiger partial charge is 0.220 e. The number of rotatable bonds is 4. The summed E-state index contributed by atoms with van der Waals surface area (Å²) in [5.41, 5.74) is 5.87. The lowest BCUT2D eigenvalue weighted by atomic mass is 9.66. The molecule has 0 atom stereocenters. The molecule has 0 heterocycles. The van der Waals surface area contributed by atoms with E-state index < -0.39 is 0 Å². The third kappa shape index (κ3) is 1.92. The van der Waals surface area contributed by atoms with E-state index in [-0.39, 0.29) is 11.3 Å². The fourth-order valence-corrected chi connectivity index (χ4v) is 2.30. The first kappa shape index (κ1) is 9.97. The summed E-state index contributed by atoms with van der Waals surface area (Å²) in [4.78, 5) is 11.6. The van der Waals surface area contributed by atoms with E-state index in [4.69, 9.17) is 5.73 Å². The highest BCUT2D eigenvalue weighted by molar-refractivity contribution is 5.77. The maximum absolute atomic E-state index is 11.6. The molecule has 2 saturated carbocycles. The average molecular weight is 196 g/mol. The van der Waals surface area contributed by atoms with Crippen LogP contribution < -0.4 is 11.1 Å². The molecule has 0 spiro atoms. The molecule has 0 unspecified atom stereocenters. The normalized spacial score (nSPS) is 24.9. The monoisotopic (exact) mass is 196 g/mol. The van der Waals surface area contributed by atoms with Gasteiger partial charge < -0.3 is 11.1 Å². The van der Waals surface area contributed by atoms with Crippen LogP contribution in [0.2, 0.25) is 0 Å². The van der Waals surface area contributed by atoms with Gasteiger partial charge in [-0.25, -0.2) is 0 Å². The van der Waals surface area contributed by atoms with Crippen LogP contribution >= 0.6 is 0 Å². The van der Waals surface area contributed by atoms with Crippen molar-refractivity contribution in [2.45, 2.75) is 51.0 Å². The Hall–Kier alpha value is -0.570. The van der Waals surface area contributed by atoms with Crippen molar-refractivity contribution in [3.05, 3.63) is 0 Å². The van der Waals surface area contributed by atoms with Gasteiger partial charge in [0, 0.05) is 12.5 Å². The Labute approximate surface area is 85.4 Å². The van der Waals surface area contributed by atoms with Gasteiger partial charge in [-0.15, -0.1) is 0 Å². The van der Waals surface area contributed by atoms with E-state index in [0.717, 1.165) is 12.8 Å². The topological polar surface area (TPSA) is 55.1 Å². The van der Waals surface area contributed by atoms with Crippen molar-refractivity contribution >= 4 is 5.91 Å². The molecule has 80 valence electrons. The summed E-state index contributed by atoms with van der Waals surface area (Å²) in [7, 11) is 0. The highest BCUT2D eigenvalue weighted by Gasteiger charge is 2.37. The summed E-state index contributed by atoms with van der Waals surface area (Å²) in [6.07, 6.45) is 7.78. The van der Waals surface area contributed by atoms with Crippen molar-refractivity contribution in [1.82, 2.24) is 5.32 Å². The summed E-state index contributed by atoms with van der Waals surface area (Å²) in [6, 6.07) is 0.470. The third-order valence-electron chi connectivity index (χ3n) is 3.85. The average Bonchev–Trinajstić information content (AvgIpc) is 2.04. The minimum atomic E-state index is 0.161. The summed E-state index contributed by atoms with van der Waals surface area (Å²) >= 11 is 0. The summed E-state index contributed by atoms with van der Waals surface area (Å²) in [5, 5.41) is 3.08. The van der Waals surface area contributed by atoms with Crippen LogP contribution in [-0.2, 0) is 4.79 Å². The number of hydrogen-bond acceptors (Lipinski definition) is 2. The molecule has 0 radical (unpaired) electrons. The number of hydrogen-bond donors (Lipinski definition) is 2. The van der Waals surface area contributed by atoms with Gasteiger partial charge in [0.2, 0.25) is 5.91 Å². The molecule has 2 aliphatic carbocycles. The maximum atomic E-state index is 11.6. The number of carbonyl (C=O) groups is 1. The van der Waals surface area contributed by atoms with Crippen LogP contribution in [0.4, 0.5) is 0 Å². The van der Waals surface area contributed by atoms with E-state index in [0.29, 0.717) is 19.0 Å². The van der Waals surface area contributed by atoms with Crippen molar-refractivity contribution in [1.29, 1.82) is 0 Å². The first-order valence-corrected chi connectivity index (χ1v) is 5.74. The second kappa shape index (κ2) is 3.89. The van der Waals surface area contributed by atoms with Gasteiger partial charge in [0.05, 0.1) is 0 Å². The van der Waals surface area contributed by atoms with Crippen LogP contribution in [0.3, 0.4) is 0 Å². The molecule has 2 rings (SSSR count). The highest BCUT2D eigenvalue weighted by atomic mass is 16.1. The molecule has 0 aromatic rings. The van der Waals surface area contributed by atoms with Gasteiger partial charge in [0.15, 0.2) is 0 Å². The van der Waals surface area contributed by atoms with Crippen LogP contribution in [0.5, 0.6) is 0 Å². The fraction of sp³-hybridized carbons (Fsp3) is 0.909. The fourth-order valence-electron chi connectivity index (χ4n) is 2.30. The maximum Gasteiger partial charge on any atom is 0.220 e. The van der Waals surface area contributed by atoms with Gasteiger partial charge >= 0.3 is 0 Å². The molecule has 0 aromatic heterocycles. The largest absolute Gasteiger partial charge is 0.353 e. The van der Waals surface area contributed by atoms with E-state index in [1.807, 2.05) is 0 Å². The second-order valence-electron chi connectivity index (χ2n) is 4.93. The summed E-state index contributed by atoms with van der Waals surface area (Å²) in [5.74, 6) is 0.222. The molecule has 0 aliphatic heterocycles. The van der Waals surface area contributed by atoms with Crippen LogP contribution in [0.25, 0.3) is 0 Å². The summed E-state index contributed by atoms with van der Waals surface area (Å²) in [6.45, 7) is 0.672. The molecule has 14 heavy (non-hydrogen) atoms. The second-order valence-corrected chi connectivity index (χ2v) is 4.93. The van der Waals surface area contributed by atoms with Crippen molar-refractivity contribution in [2.24, 2.45) is 11.1 Å². The Kier molecular flexibility index (Phi) is 2.77. The standard InChI is InChI=1S/C11H20N2O/c12-8-11(5-2-6-11)7-10(14)13-9-3-1-4-9/h9H,1-8,12H2,(H,13,14). The van der Waals surface area contributed by atoms with Gasteiger partial charge in [-0.05, 0) is 44.1 Å². The first-order chi connectivity index (χ1) is 6.74. The Bertz CT molecular complexity index is 214. The Morgan fingerprint density at radius 3 is 2.43 bits per heavy atom. The lowest BCUT2D eigenvalue weighted by Gasteiger charge is -2.41. The van der Waals surface area contributed by atoms with E-state index in [1.165, 1.54) is 25.7 Å². The van der Waals surface area contributed by atoms with Crippen molar-refractivity contribution < 1.29 is 4.79 Å². The molecular formula is C11H20N2O. The van der Waals surface area contributed by atoms with E-state index in [1.54, 1.807) is 0 Å². The van der Waals surface area contributed by atoms with Crippen LogP contribution in [0.15, 0.2) is 0 Å². The molecule has 2 aliphatic rings. The highest BCUT2D eigenvalue weighted by Crippen LogP contribution is 2.42. The van der Waals surface area contributed by atoms with Crippen LogP contribution in [0.1, 0.15) is 44.9 Å². The van der Waals surface area contributed by atoms with Gasteiger partial charge in [0.1, 0.15) is 0 Å². The zero-order valence-corrected chi connectivity index (χ0v) is 8.72. The number of nitrogens with one attached hydrogen (secondary N) is 1. The molecule has 2 fully saturated rings. The van der Waals surface area contributed by atoms with Gasteiger partial charge in [-0.3, -0.25) is 4.79 Å². The molecule has 3 heteroatoms. The Balaban J connectivity index is 1.75. The molecule has 0 saturated heterocycles. The van der Waals surface area contributed by atoms with E-state index >= 15 is 0 Å². The SMILES string of the molecule is NCC1(CC(=O)NC2CCC2)CCC1.